The van der Waals surface area contributed by atoms with Crippen molar-refractivity contribution in [3.05, 3.63) is 35.9 Å². The van der Waals surface area contributed by atoms with E-state index >= 15 is 0 Å². The molecule has 4 N–H and O–H groups in total. The lowest BCUT2D eigenvalue weighted by Crippen LogP contribution is -2.66. The molecule has 2 unspecified atom stereocenters. The summed E-state index contributed by atoms with van der Waals surface area (Å²) in [5, 5.41) is 7.35. The van der Waals surface area contributed by atoms with Crippen molar-refractivity contribution in [1.82, 2.24) is 10.6 Å². The number of hydrogen-bond acceptors (Lipinski definition) is 3. The monoisotopic (exact) mass is 443 g/mol. The summed E-state index contributed by atoms with van der Waals surface area (Å²) in [6.07, 6.45) is 10.6. The number of halogens is 1. The molecule has 2 atom stereocenters. The maximum absolute atomic E-state index is 13.8. The lowest BCUT2D eigenvalue weighted by Gasteiger charge is -2.64. The SMILES string of the molecule is NC1CCC(NC(=O)C23CC4CC(c5ccccc5)(CC(C2)C4NCCCCl)C3)CC1. The summed E-state index contributed by atoms with van der Waals surface area (Å²) in [6, 6.07) is 12.2. The van der Waals surface area contributed by atoms with Crippen LogP contribution in [-0.2, 0) is 10.2 Å². The van der Waals surface area contributed by atoms with E-state index in [1.807, 2.05) is 0 Å². The minimum Gasteiger partial charge on any atom is -0.353 e. The number of carbonyl (C=O) groups is 1. The normalized spacial score (nSPS) is 41.3. The first kappa shape index (κ1) is 21.7. The van der Waals surface area contributed by atoms with Crippen molar-refractivity contribution in [3.8, 4) is 0 Å². The molecule has 1 aromatic carbocycles. The van der Waals surface area contributed by atoms with Crippen LogP contribution in [0.2, 0.25) is 0 Å². The van der Waals surface area contributed by atoms with Crippen molar-refractivity contribution in [1.29, 1.82) is 0 Å². The predicted molar refractivity (Wildman–Crippen MR) is 126 cm³/mol. The lowest BCUT2D eigenvalue weighted by atomic mass is 9.41. The number of amides is 1. The molecule has 4 nitrogen and oxygen atoms in total. The van der Waals surface area contributed by atoms with Crippen LogP contribution in [0.4, 0.5) is 0 Å². The van der Waals surface area contributed by atoms with Crippen molar-refractivity contribution in [2.45, 2.75) is 87.7 Å². The predicted octanol–water partition coefficient (Wildman–Crippen LogP) is 4.11. The lowest BCUT2D eigenvalue weighted by molar-refractivity contribution is -0.153. The average molecular weight is 444 g/mol. The van der Waals surface area contributed by atoms with Crippen molar-refractivity contribution < 1.29 is 4.79 Å². The highest BCUT2D eigenvalue weighted by Gasteiger charge is 2.64. The first-order valence-corrected chi connectivity index (χ1v) is 13.0. The summed E-state index contributed by atoms with van der Waals surface area (Å²) < 4.78 is 0. The highest BCUT2D eigenvalue weighted by atomic mass is 35.5. The first-order chi connectivity index (χ1) is 15.0. The Kier molecular flexibility index (Phi) is 6.09. The first-order valence-electron chi connectivity index (χ1n) is 12.5. The van der Waals surface area contributed by atoms with Crippen LogP contribution in [0.3, 0.4) is 0 Å². The molecule has 4 bridgehead atoms. The molecule has 6 rings (SSSR count). The Morgan fingerprint density at radius 1 is 1.03 bits per heavy atom. The fourth-order valence-corrected chi connectivity index (χ4v) is 7.95. The molecule has 0 saturated heterocycles. The van der Waals surface area contributed by atoms with E-state index in [-0.39, 0.29) is 10.8 Å². The molecule has 0 radical (unpaired) electrons. The van der Waals surface area contributed by atoms with Crippen molar-refractivity contribution >= 4 is 17.5 Å². The van der Waals surface area contributed by atoms with Gasteiger partial charge in [-0.25, -0.2) is 0 Å². The van der Waals surface area contributed by atoms with Gasteiger partial charge in [-0.15, -0.1) is 11.6 Å². The van der Waals surface area contributed by atoms with E-state index in [2.05, 4.69) is 41.0 Å². The summed E-state index contributed by atoms with van der Waals surface area (Å²) in [5.41, 5.74) is 7.50. The van der Waals surface area contributed by atoms with Crippen LogP contribution in [0, 0.1) is 17.3 Å². The Labute approximate surface area is 192 Å². The van der Waals surface area contributed by atoms with Crippen LogP contribution in [0.15, 0.2) is 30.3 Å². The van der Waals surface area contributed by atoms with Gasteiger partial charge in [0.15, 0.2) is 0 Å². The van der Waals surface area contributed by atoms with Gasteiger partial charge in [0.2, 0.25) is 5.91 Å². The molecule has 31 heavy (non-hydrogen) atoms. The van der Waals surface area contributed by atoms with Gasteiger partial charge in [-0.1, -0.05) is 30.3 Å². The molecule has 5 aliphatic rings. The smallest absolute Gasteiger partial charge is 0.226 e. The number of nitrogens with two attached hydrogens (primary N) is 1. The molecule has 5 heteroatoms. The van der Waals surface area contributed by atoms with E-state index in [0.29, 0.717) is 41.7 Å². The van der Waals surface area contributed by atoms with Crippen molar-refractivity contribution in [3.63, 3.8) is 0 Å². The Hall–Kier alpha value is -1.10. The van der Waals surface area contributed by atoms with E-state index in [0.717, 1.165) is 57.9 Å². The second-order valence-corrected chi connectivity index (χ2v) is 11.4. The molecule has 0 heterocycles. The van der Waals surface area contributed by atoms with Gasteiger partial charge in [0.05, 0.1) is 5.41 Å². The Morgan fingerprint density at radius 3 is 2.35 bits per heavy atom. The van der Waals surface area contributed by atoms with Crippen LogP contribution in [-0.4, -0.2) is 36.5 Å². The highest BCUT2D eigenvalue weighted by Crippen LogP contribution is 2.65. The van der Waals surface area contributed by atoms with Gasteiger partial charge in [-0.05, 0) is 93.6 Å². The van der Waals surface area contributed by atoms with Gasteiger partial charge in [0, 0.05) is 24.0 Å². The number of rotatable bonds is 7. The van der Waals surface area contributed by atoms with E-state index in [1.54, 1.807) is 0 Å². The zero-order chi connectivity index (χ0) is 21.5. The molecule has 1 aromatic rings. The number of benzene rings is 1. The fourth-order valence-electron chi connectivity index (χ4n) is 7.81. The number of nitrogens with one attached hydrogen (secondary N) is 2. The minimum absolute atomic E-state index is 0.157. The molecule has 1 amide bonds. The summed E-state index contributed by atoms with van der Waals surface area (Å²) in [6.45, 7) is 0.987. The molecule has 5 aliphatic carbocycles. The van der Waals surface area contributed by atoms with Crippen LogP contribution >= 0.6 is 11.6 Å². The number of alkyl halides is 1. The third-order valence-electron chi connectivity index (χ3n) is 8.97. The molecule has 0 aliphatic heterocycles. The highest BCUT2D eigenvalue weighted by molar-refractivity contribution is 6.17. The second kappa shape index (κ2) is 8.68. The molecular weight excluding hydrogens is 406 g/mol. The molecule has 5 saturated carbocycles. The number of hydrogen-bond donors (Lipinski definition) is 3. The second-order valence-electron chi connectivity index (χ2n) is 11.0. The molecular formula is C26H38ClN3O. The van der Waals surface area contributed by atoms with Gasteiger partial charge >= 0.3 is 0 Å². The van der Waals surface area contributed by atoms with Gasteiger partial charge in [-0.2, -0.15) is 0 Å². The summed E-state index contributed by atoms with van der Waals surface area (Å²) in [5.74, 6) is 2.19. The Morgan fingerprint density at radius 2 is 1.71 bits per heavy atom. The quantitative estimate of drug-likeness (QED) is 0.439. The maximum atomic E-state index is 13.8. The summed E-state index contributed by atoms with van der Waals surface area (Å²) in [7, 11) is 0. The van der Waals surface area contributed by atoms with E-state index in [9.17, 15) is 4.79 Å². The topological polar surface area (TPSA) is 67.1 Å². The van der Waals surface area contributed by atoms with Gasteiger partial charge in [-0.3, -0.25) is 4.79 Å². The number of carbonyl (C=O) groups excluding carboxylic acids is 1. The van der Waals surface area contributed by atoms with E-state index < -0.39 is 0 Å². The third kappa shape index (κ3) is 4.05. The Balaban J connectivity index is 1.39. The fraction of sp³-hybridized carbons (Fsp3) is 0.731. The van der Waals surface area contributed by atoms with Crippen molar-refractivity contribution in [2.24, 2.45) is 23.0 Å². The van der Waals surface area contributed by atoms with Gasteiger partial charge in [0.1, 0.15) is 0 Å². The molecule has 170 valence electrons. The standard InChI is InChI=1S/C26H38ClN3O/c27-11-4-12-29-23-18-13-25(20-5-2-1-3-6-20)14-19(23)16-26(15-18,17-25)24(31)30-22-9-7-21(28)8-10-22/h1-3,5-6,18-19,21-23,29H,4,7-17,28H2,(H,30,31). The Bertz CT molecular complexity index is 760. The van der Waals surface area contributed by atoms with Crippen molar-refractivity contribution in [2.75, 3.05) is 12.4 Å². The van der Waals surface area contributed by atoms with E-state index in [1.165, 1.54) is 18.4 Å². The maximum Gasteiger partial charge on any atom is 0.226 e. The van der Waals surface area contributed by atoms with Crippen LogP contribution in [0.1, 0.15) is 69.8 Å². The largest absolute Gasteiger partial charge is 0.353 e. The zero-order valence-corrected chi connectivity index (χ0v) is 19.4. The summed E-state index contributed by atoms with van der Waals surface area (Å²) in [4.78, 5) is 13.8. The third-order valence-corrected chi connectivity index (χ3v) is 9.24. The van der Waals surface area contributed by atoms with Gasteiger partial charge < -0.3 is 16.4 Å². The van der Waals surface area contributed by atoms with E-state index in [4.69, 9.17) is 17.3 Å². The molecule has 0 aromatic heterocycles. The van der Waals surface area contributed by atoms with Crippen LogP contribution < -0.4 is 16.4 Å². The minimum atomic E-state index is -0.202. The average Bonchev–Trinajstić information content (AvgIpc) is 2.77. The molecule has 0 spiro atoms. The van der Waals surface area contributed by atoms with Gasteiger partial charge in [0.25, 0.3) is 0 Å². The van der Waals surface area contributed by atoms with Crippen LogP contribution in [0.5, 0.6) is 0 Å². The summed E-state index contributed by atoms with van der Waals surface area (Å²) >= 11 is 5.94. The zero-order valence-electron chi connectivity index (χ0n) is 18.6. The molecule has 5 fully saturated rings. The van der Waals surface area contributed by atoms with Crippen LogP contribution in [0.25, 0.3) is 0 Å².